The molecule has 1 unspecified atom stereocenters. The van der Waals surface area contributed by atoms with Gasteiger partial charge in [0.05, 0.1) is 0 Å². The summed E-state index contributed by atoms with van der Waals surface area (Å²) in [5.41, 5.74) is 5.63. The Morgan fingerprint density at radius 1 is 1.11 bits per heavy atom. The summed E-state index contributed by atoms with van der Waals surface area (Å²) in [6, 6.07) is 0. The molecule has 0 saturated carbocycles. The lowest BCUT2D eigenvalue weighted by Crippen LogP contribution is -2.52. The summed E-state index contributed by atoms with van der Waals surface area (Å²) in [7, 11) is 0. The van der Waals surface area contributed by atoms with Gasteiger partial charge in [-0.15, -0.1) is 5.73 Å². The number of carbonyl (C=O) groups excluding carboxylic acids is 1. The molecule has 0 spiro atoms. The molecule has 18 heavy (non-hydrogen) atoms. The van der Waals surface area contributed by atoms with E-state index in [4.69, 9.17) is 4.74 Å². The van der Waals surface area contributed by atoms with Crippen LogP contribution in [-0.2, 0) is 9.53 Å². The molecular weight excluding hydrogens is 224 g/mol. The zero-order valence-electron chi connectivity index (χ0n) is 13.0. The minimum atomic E-state index is -0.123. The SMILES string of the molecule is CC(=C=C(C)C(C)(C)C)C1C(=O)O[C@H]1C(C)(C)C. The van der Waals surface area contributed by atoms with E-state index >= 15 is 0 Å². The van der Waals surface area contributed by atoms with E-state index in [0.29, 0.717) is 0 Å². The van der Waals surface area contributed by atoms with Crippen molar-refractivity contribution in [3.8, 4) is 0 Å². The van der Waals surface area contributed by atoms with Gasteiger partial charge in [0.1, 0.15) is 12.0 Å². The maximum Gasteiger partial charge on any atom is 0.317 e. The average Bonchev–Trinajstić information content (AvgIpc) is 2.10. The quantitative estimate of drug-likeness (QED) is 0.517. The van der Waals surface area contributed by atoms with Gasteiger partial charge in [0.15, 0.2) is 0 Å². The van der Waals surface area contributed by atoms with Crippen molar-refractivity contribution in [2.45, 2.75) is 61.5 Å². The molecular formula is C16H26O2. The Hall–Kier alpha value is -1.01. The Labute approximate surface area is 111 Å². The predicted molar refractivity (Wildman–Crippen MR) is 74.2 cm³/mol. The smallest absolute Gasteiger partial charge is 0.317 e. The lowest BCUT2D eigenvalue weighted by atomic mass is 9.74. The van der Waals surface area contributed by atoms with Crippen molar-refractivity contribution < 1.29 is 9.53 Å². The lowest BCUT2D eigenvalue weighted by Gasteiger charge is -2.43. The zero-order chi connectivity index (χ0) is 14.3. The predicted octanol–water partition coefficient (Wildman–Crippen LogP) is 4.11. The van der Waals surface area contributed by atoms with Crippen LogP contribution in [-0.4, -0.2) is 12.1 Å². The van der Waals surface area contributed by atoms with Gasteiger partial charge in [-0.05, 0) is 30.4 Å². The van der Waals surface area contributed by atoms with Crippen LogP contribution in [0, 0.1) is 16.7 Å². The molecule has 2 nitrogen and oxygen atoms in total. The first-order valence-corrected chi connectivity index (χ1v) is 6.59. The number of hydrogen-bond donors (Lipinski definition) is 0. The number of cyclic esters (lactones) is 1. The molecule has 2 heteroatoms. The molecule has 0 aromatic rings. The second-order valence-corrected chi connectivity index (χ2v) is 7.38. The summed E-state index contributed by atoms with van der Waals surface area (Å²) in [4.78, 5) is 11.7. The summed E-state index contributed by atoms with van der Waals surface area (Å²) in [6.07, 6.45) is -0.0229. The standard InChI is InChI=1S/C16H26O2/c1-10(9-11(2)15(3,4)5)12-13(16(6,7)8)18-14(12)17/h12-13H,1-8H3/t9?,12?,13-/m1/s1. The molecule has 1 rings (SSSR count). The van der Waals surface area contributed by atoms with Gasteiger partial charge in [-0.25, -0.2) is 0 Å². The van der Waals surface area contributed by atoms with Crippen molar-refractivity contribution in [2.75, 3.05) is 0 Å². The molecule has 0 aromatic carbocycles. The summed E-state index contributed by atoms with van der Waals surface area (Å²) in [5.74, 6) is -0.232. The highest BCUT2D eigenvalue weighted by Gasteiger charge is 2.49. The maximum absolute atomic E-state index is 11.7. The van der Waals surface area contributed by atoms with E-state index in [1.165, 1.54) is 5.57 Å². The molecule has 2 atom stereocenters. The van der Waals surface area contributed by atoms with Crippen molar-refractivity contribution in [3.05, 3.63) is 16.9 Å². The maximum atomic E-state index is 11.7. The molecule has 102 valence electrons. The van der Waals surface area contributed by atoms with Gasteiger partial charge >= 0.3 is 5.97 Å². The van der Waals surface area contributed by atoms with Crippen molar-refractivity contribution in [2.24, 2.45) is 16.7 Å². The third-order valence-electron chi connectivity index (χ3n) is 3.63. The fraction of sp³-hybridized carbons (Fsp3) is 0.750. The van der Waals surface area contributed by atoms with Crippen molar-refractivity contribution >= 4 is 5.97 Å². The third-order valence-corrected chi connectivity index (χ3v) is 3.63. The Kier molecular flexibility index (Phi) is 3.83. The molecule has 0 aliphatic carbocycles. The van der Waals surface area contributed by atoms with E-state index in [2.05, 4.69) is 54.2 Å². The van der Waals surface area contributed by atoms with Crippen LogP contribution >= 0.6 is 0 Å². The van der Waals surface area contributed by atoms with Crippen LogP contribution in [0.15, 0.2) is 16.9 Å². The number of hydrogen-bond acceptors (Lipinski definition) is 2. The molecule has 1 aliphatic heterocycles. The summed E-state index contributed by atoms with van der Waals surface area (Å²) >= 11 is 0. The number of carbonyl (C=O) groups is 1. The fourth-order valence-corrected chi connectivity index (χ4v) is 1.96. The highest BCUT2D eigenvalue weighted by Crippen LogP contribution is 2.40. The second kappa shape index (κ2) is 4.59. The van der Waals surface area contributed by atoms with Crippen LogP contribution in [0.2, 0.25) is 0 Å². The zero-order valence-corrected chi connectivity index (χ0v) is 13.0. The van der Waals surface area contributed by atoms with Crippen LogP contribution in [0.3, 0.4) is 0 Å². The van der Waals surface area contributed by atoms with Crippen molar-refractivity contribution in [3.63, 3.8) is 0 Å². The Morgan fingerprint density at radius 2 is 1.61 bits per heavy atom. The molecule has 0 bridgehead atoms. The molecule has 0 aromatic heterocycles. The first-order chi connectivity index (χ1) is 7.94. The summed E-state index contributed by atoms with van der Waals surface area (Å²) in [5, 5.41) is 0. The van der Waals surface area contributed by atoms with Gasteiger partial charge in [0.25, 0.3) is 0 Å². The minimum absolute atomic E-state index is 0.0167. The summed E-state index contributed by atoms with van der Waals surface area (Å²) < 4.78 is 5.30. The fourth-order valence-electron chi connectivity index (χ4n) is 1.96. The van der Waals surface area contributed by atoms with Crippen LogP contribution in [0.5, 0.6) is 0 Å². The monoisotopic (exact) mass is 250 g/mol. The van der Waals surface area contributed by atoms with Gasteiger partial charge in [-0.3, -0.25) is 4.79 Å². The highest BCUT2D eigenvalue weighted by atomic mass is 16.6. The molecule has 1 saturated heterocycles. The minimum Gasteiger partial charge on any atom is -0.460 e. The molecule has 0 amide bonds. The normalized spacial score (nSPS) is 23.9. The number of esters is 1. The van der Waals surface area contributed by atoms with Crippen LogP contribution in [0.25, 0.3) is 0 Å². The second-order valence-electron chi connectivity index (χ2n) is 7.38. The van der Waals surface area contributed by atoms with Crippen LogP contribution in [0.1, 0.15) is 55.4 Å². The van der Waals surface area contributed by atoms with E-state index in [9.17, 15) is 4.79 Å². The topological polar surface area (TPSA) is 26.3 Å². The van der Waals surface area contributed by atoms with Gasteiger partial charge in [-0.1, -0.05) is 41.5 Å². The van der Waals surface area contributed by atoms with Crippen molar-refractivity contribution in [1.82, 2.24) is 0 Å². The number of ether oxygens (including phenoxy) is 1. The largest absolute Gasteiger partial charge is 0.460 e. The molecule has 1 aliphatic rings. The Morgan fingerprint density at radius 3 is 1.94 bits per heavy atom. The van der Waals surface area contributed by atoms with Crippen LogP contribution < -0.4 is 0 Å². The first kappa shape index (κ1) is 15.0. The van der Waals surface area contributed by atoms with Crippen molar-refractivity contribution in [1.29, 1.82) is 0 Å². The highest BCUT2D eigenvalue weighted by molar-refractivity contribution is 5.82. The van der Waals surface area contributed by atoms with E-state index in [-0.39, 0.29) is 28.8 Å². The number of rotatable bonds is 1. The van der Waals surface area contributed by atoms with E-state index in [1.807, 2.05) is 6.92 Å². The van der Waals surface area contributed by atoms with E-state index in [1.54, 1.807) is 0 Å². The van der Waals surface area contributed by atoms with Gasteiger partial charge in [0, 0.05) is 5.41 Å². The lowest BCUT2D eigenvalue weighted by molar-refractivity contribution is -0.193. The average molecular weight is 250 g/mol. The molecule has 1 fully saturated rings. The van der Waals surface area contributed by atoms with Crippen LogP contribution in [0.4, 0.5) is 0 Å². The summed E-state index contributed by atoms with van der Waals surface area (Å²) in [6.45, 7) is 16.8. The van der Waals surface area contributed by atoms with Gasteiger partial charge < -0.3 is 4.74 Å². The van der Waals surface area contributed by atoms with E-state index in [0.717, 1.165) is 5.57 Å². The first-order valence-electron chi connectivity index (χ1n) is 6.59. The molecule has 1 heterocycles. The third kappa shape index (κ3) is 3.05. The van der Waals surface area contributed by atoms with E-state index < -0.39 is 0 Å². The van der Waals surface area contributed by atoms with Gasteiger partial charge in [-0.2, -0.15) is 0 Å². The Bertz CT molecular complexity index is 409. The molecule has 0 radical (unpaired) electrons. The molecule has 0 N–H and O–H groups in total. The van der Waals surface area contributed by atoms with Gasteiger partial charge in [0.2, 0.25) is 0 Å². The Balaban J connectivity index is 3.07.